The van der Waals surface area contributed by atoms with Gasteiger partial charge in [-0.2, -0.15) is 0 Å². The number of rotatable bonds is 4. The van der Waals surface area contributed by atoms with Gasteiger partial charge < -0.3 is 15.1 Å². The van der Waals surface area contributed by atoms with Gasteiger partial charge in [-0.25, -0.2) is 0 Å². The number of carbonyl (C=O) groups is 1. The third-order valence-corrected chi connectivity index (χ3v) is 5.73. The van der Waals surface area contributed by atoms with Crippen LogP contribution in [0.15, 0.2) is 30.3 Å². The fourth-order valence-electron chi connectivity index (χ4n) is 4.06. The highest BCUT2D eigenvalue weighted by Crippen LogP contribution is 2.17. The number of para-hydroxylation sites is 1. The average Bonchev–Trinajstić information content (AvgIpc) is 2.90. The molecule has 4 nitrogen and oxygen atoms in total. The van der Waals surface area contributed by atoms with E-state index in [1.54, 1.807) is 0 Å². The molecule has 24 heavy (non-hydrogen) atoms. The molecule has 1 aliphatic carbocycles. The Kier molecular flexibility index (Phi) is 6.13. The standard InChI is InChI=1S/C20H31N3O/c1-17(20(24)21-18-9-5-2-3-6-10-18)22-13-15-23(16-14-22)19-11-7-4-8-12-19/h4,7-8,11-12,17-18H,2-3,5-6,9-10,13-16H2,1H3,(H,21,24)/p+1/t17-/m0/s1. The average molecular weight is 330 g/mol. The minimum atomic E-state index is 0.0613. The van der Waals surface area contributed by atoms with Crippen molar-refractivity contribution in [2.75, 3.05) is 31.1 Å². The second-order valence-electron chi connectivity index (χ2n) is 7.40. The van der Waals surface area contributed by atoms with Crippen molar-refractivity contribution in [3.05, 3.63) is 30.3 Å². The number of piperazine rings is 1. The Morgan fingerprint density at radius 2 is 1.71 bits per heavy atom. The van der Waals surface area contributed by atoms with Crippen LogP contribution in [0.3, 0.4) is 0 Å². The van der Waals surface area contributed by atoms with Gasteiger partial charge in [0.25, 0.3) is 5.91 Å². The van der Waals surface area contributed by atoms with Gasteiger partial charge in [0, 0.05) is 11.7 Å². The van der Waals surface area contributed by atoms with Crippen LogP contribution in [0.2, 0.25) is 0 Å². The second-order valence-corrected chi connectivity index (χ2v) is 7.40. The Morgan fingerprint density at radius 3 is 2.33 bits per heavy atom. The summed E-state index contributed by atoms with van der Waals surface area (Å²) in [6.45, 7) is 6.22. The lowest BCUT2D eigenvalue weighted by atomic mass is 10.1. The van der Waals surface area contributed by atoms with E-state index in [-0.39, 0.29) is 11.9 Å². The maximum atomic E-state index is 12.6. The molecule has 0 bridgehead atoms. The summed E-state index contributed by atoms with van der Waals surface area (Å²) >= 11 is 0. The van der Waals surface area contributed by atoms with Crippen molar-refractivity contribution < 1.29 is 9.69 Å². The van der Waals surface area contributed by atoms with Crippen molar-refractivity contribution in [3.8, 4) is 0 Å². The molecule has 1 saturated carbocycles. The molecule has 1 heterocycles. The molecule has 132 valence electrons. The minimum absolute atomic E-state index is 0.0613. The van der Waals surface area contributed by atoms with Crippen LogP contribution in [0, 0.1) is 0 Å². The molecule has 2 fully saturated rings. The Balaban J connectivity index is 1.47. The van der Waals surface area contributed by atoms with Crippen LogP contribution in [0.4, 0.5) is 5.69 Å². The lowest BCUT2D eigenvalue weighted by molar-refractivity contribution is -0.914. The topological polar surface area (TPSA) is 36.8 Å². The molecule has 0 radical (unpaired) electrons. The number of amides is 1. The Labute approximate surface area is 146 Å². The van der Waals surface area contributed by atoms with Crippen LogP contribution >= 0.6 is 0 Å². The van der Waals surface area contributed by atoms with Crippen molar-refractivity contribution in [2.24, 2.45) is 0 Å². The first-order valence-electron chi connectivity index (χ1n) is 9.69. The summed E-state index contributed by atoms with van der Waals surface area (Å²) in [5, 5.41) is 3.33. The van der Waals surface area contributed by atoms with Gasteiger partial charge in [0.2, 0.25) is 0 Å². The summed E-state index contributed by atoms with van der Waals surface area (Å²) in [4.78, 5) is 16.5. The van der Waals surface area contributed by atoms with Crippen molar-refractivity contribution in [3.63, 3.8) is 0 Å². The number of hydrogen-bond acceptors (Lipinski definition) is 2. The van der Waals surface area contributed by atoms with E-state index in [1.165, 1.54) is 36.3 Å². The molecule has 1 aliphatic heterocycles. The van der Waals surface area contributed by atoms with Crippen LogP contribution in [0.1, 0.15) is 45.4 Å². The highest BCUT2D eigenvalue weighted by Gasteiger charge is 2.30. The minimum Gasteiger partial charge on any atom is -0.360 e. The highest BCUT2D eigenvalue weighted by molar-refractivity contribution is 5.80. The highest BCUT2D eigenvalue weighted by atomic mass is 16.2. The van der Waals surface area contributed by atoms with E-state index in [0.717, 1.165) is 39.0 Å². The quantitative estimate of drug-likeness (QED) is 0.823. The van der Waals surface area contributed by atoms with Crippen molar-refractivity contribution in [1.29, 1.82) is 0 Å². The van der Waals surface area contributed by atoms with Gasteiger partial charge in [-0.15, -0.1) is 0 Å². The van der Waals surface area contributed by atoms with Crippen molar-refractivity contribution in [1.82, 2.24) is 5.32 Å². The molecule has 0 aromatic heterocycles. The number of quaternary nitrogens is 1. The first kappa shape index (κ1) is 17.3. The zero-order valence-corrected chi connectivity index (χ0v) is 15.0. The van der Waals surface area contributed by atoms with Gasteiger partial charge in [-0.1, -0.05) is 43.9 Å². The molecular formula is C20H32N3O+. The molecule has 2 aliphatic rings. The molecule has 3 rings (SSSR count). The smallest absolute Gasteiger partial charge is 0.278 e. The maximum Gasteiger partial charge on any atom is 0.278 e. The van der Waals surface area contributed by atoms with E-state index in [9.17, 15) is 4.79 Å². The van der Waals surface area contributed by atoms with Gasteiger partial charge >= 0.3 is 0 Å². The first-order valence-corrected chi connectivity index (χ1v) is 9.69. The van der Waals surface area contributed by atoms with E-state index in [1.807, 2.05) is 0 Å². The molecule has 4 heteroatoms. The molecule has 1 saturated heterocycles. The van der Waals surface area contributed by atoms with Gasteiger partial charge in [-0.05, 0) is 31.9 Å². The number of nitrogens with zero attached hydrogens (tertiary/aromatic N) is 1. The Bertz CT molecular complexity index is 503. The fraction of sp³-hybridized carbons (Fsp3) is 0.650. The van der Waals surface area contributed by atoms with E-state index >= 15 is 0 Å². The van der Waals surface area contributed by atoms with Crippen LogP contribution in [0.5, 0.6) is 0 Å². The van der Waals surface area contributed by atoms with Gasteiger partial charge in [0.05, 0.1) is 26.2 Å². The molecular weight excluding hydrogens is 298 g/mol. The SMILES string of the molecule is C[C@@H](C(=O)NC1CCCCCC1)[NH+]1CCN(c2ccccc2)CC1. The molecule has 1 aromatic carbocycles. The molecule has 0 spiro atoms. The molecule has 1 aromatic rings. The molecule has 0 unspecified atom stereocenters. The largest absolute Gasteiger partial charge is 0.360 e. The Hall–Kier alpha value is -1.55. The maximum absolute atomic E-state index is 12.6. The summed E-state index contributed by atoms with van der Waals surface area (Å²) in [5.74, 6) is 0.255. The number of benzene rings is 1. The van der Waals surface area contributed by atoms with Crippen molar-refractivity contribution >= 4 is 11.6 Å². The third kappa shape index (κ3) is 4.50. The van der Waals surface area contributed by atoms with Crippen LogP contribution < -0.4 is 15.1 Å². The lowest BCUT2D eigenvalue weighted by Gasteiger charge is -2.36. The number of nitrogens with one attached hydrogen (secondary N) is 2. The van der Waals surface area contributed by atoms with Gasteiger partial charge in [-0.3, -0.25) is 4.79 Å². The van der Waals surface area contributed by atoms with E-state index in [0.29, 0.717) is 6.04 Å². The van der Waals surface area contributed by atoms with Crippen molar-refractivity contribution in [2.45, 2.75) is 57.5 Å². The number of anilines is 1. The Morgan fingerprint density at radius 1 is 1.08 bits per heavy atom. The lowest BCUT2D eigenvalue weighted by Crippen LogP contribution is -3.19. The molecule has 1 atom stereocenters. The van der Waals surface area contributed by atoms with Gasteiger partial charge in [0.1, 0.15) is 0 Å². The van der Waals surface area contributed by atoms with E-state index in [2.05, 4.69) is 47.5 Å². The van der Waals surface area contributed by atoms with E-state index < -0.39 is 0 Å². The van der Waals surface area contributed by atoms with Crippen LogP contribution in [0.25, 0.3) is 0 Å². The monoisotopic (exact) mass is 330 g/mol. The summed E-state index contributed by atoms with van der Waals surface area (Å²) in [6, 6.07) is 11.1. The van der Waals surface area contributed by atoms with Crippen LogP contribution in [-0.2, 0) is 4.79 Å². The van der Waals surface area contributed by atoms with Crippen LogP contribution in [-0.4, -0.2) is 44.2 Å². The predicted octanol–water partition coefficient (Wildman–Crippen LogP) is 1.62. The summed E-state index contributed by atoms with van der Waals surface area (Å²) in [7, 11) is 0. The normalized spacial score (nSPS) is 22.0. The van der Waals surface area contributed by atoms with E-state index in [4.69, 9.17) is 0 Å². The number of hydrogen-bond donors (Lipinski definition) is 2. The number of carbonyl (C=O) groups excluding carboxylic acids is 1. The second kappa shape index (κ2) is 8.52. The first-order chi connectivity index (χ1) is 11.7. The zero-order chi connectivity index (χ0) is 16.8. The predicted molar refractivity (Wildman–Crippen MR) is 98.4 cm³/mol. The summed E-state index contributed by atoms with van der Waals surface area (Å²) in [6.07, 6.45) is 7.51. The summed E-state index contributed by atoms with van der Waals surface area (Å²) < 4.78 is 0. The molecule has 1 amide bonds. The molecule has 2 N–H and O–H groups in total. The fourth-order valence-corrected chi connectivity index (χ4v) is 4.06. The summed E-state index contributed by atoms with van der Waals surface area (Å²) in [5.41, 5.74) is 1.30. The third-order valence-electron chi connectivity index (χ3n) is 5.73. The van der Waals surface area contributed by atoms with Gasteiger partial charge in [0.15, 0.2) is 6.04 Å². The zero-order valence-electron chi connectivity index (χ0n) is 15.0.